The van der Waals surface area contributed by atoms with Crippen molar-refractivity contribution >= 4 is 0 Å². The molecule has 0 radical (unpaired) electrons. The predicted octanol–water partition coefficient (Wildman–Crippen LogP) is 5.41. The van der Waals surface area contributed by atoms with Gasteiger partial charge in [0.15, 0.2) is 6.29 Å². The minimum Gasteiger partial charge on any atom is -0.352 e. The summed E-state index contributed by atoms with van der Waals surface area (Å²) in [4.78, 5) is 0. The van der Waals surface area contributed by atoms with Crippen LogP contribution in [0.2, 0.25) is 0 Å². The van der Waals surface area contributed by atoms with E-state index in [0.717, 1.165) is 25.0 Å². The molecule has 1 fully saturated rings. The molecule has 120 valence electrons. The lowest BCUT2D eigenvalue weighted by atomic mass is 9.71. The average Bonchev–Trinajstić information content (AvgIpc) is 2.45. The first-order valence-electron chi connectivity index (χ1n) is 8.78. The molecule has 1 atom stereocenters. The van der Waals surface area contributed by atoms with Gasteiger partial charge < -0.3 is 9.47 Å². The third kappa shape index (κ3) is 5.37. The highest BCUT2D eigenvalue weighted by Crippen LogP contribution is 2.40. The van der Waals surface area contributed by atoms with Gasteiger partial charge in [0.25, 0.3) is 0 Å². The lowest BCUT2D eigenvalue weighted by Crippen LogP contribution is -2.37. The minimum absolute atomic E-state index is 0.0601. The second-order valence-corrected chi connectivity index (χ2v) is 7.00. The topological polar surface area (TPSA) is 18.5 Å². The molecule has 2 nitrogen and oxygen atoms in total. The Morgan fingerprint density at radius 2 is 1.50 bits per heavy atom. The molecule has 1 aliphatic rings. The fourth-order valence-corrected chi connectivity index (χ4v) is 3.82. The number of rotatable bonds is 9. The summed E-state index contributed by atoms with van der Waals surface area (Å²) in [7, 11) is 0. The van der Waals surface area contributed by atoms with Gasteiger partial charge in [0.1, 0.15) is 0 Å². The Hall–Kier alpha value is -0.0800. The molecule has 1 unspecified atom stereocenters. The van der Waals surface area contributed by atoms with E-state index in [1.807, 2.05) is 0 Å². The first-order valence-corrected chi connectivity index (χ1v) is 8.78. The summed E-state index contributed by atoms with van der Waals surface area (Å²) >= 11 is 0. The van der Waals surface area contributed by atoms with E-state index in [0.29, 0.717) is 0 Å². The van der Waals surface area contributed by atoms with Gasteiger partial charge in [0.05, 0.1) is 0 Å². The summed E-state index contributed by atoms with van der Waals surface area (Å²) in [6, 6.07) is 0. The van der Waals surface area contributed by atoms with Crippen LogP contribution in [0.3, 0.4) is 0 Å². The molecule has 1 aliphatic carbocycles. The Morgan fingerprint density at radius 3 is 1.95 bits per heavy atom. The van der Waals surface area contributed by atoms with E-state index in [9.17, 15) is 0 Å². The second kappa shape index (κ2) is 9.04. The van der Waals surface area contributed by atoms with Crippen molar-refractivity contribution in [3.63, 3.8) is 0 Å². The maximum absolute atomic E-state index is 5.86. The Kier molecular flexibility index (Phi) is 8.13. The highest BCUT2D eigenvalue weighted by atomic mass is 16.7. The quantitative estimate of drug-likeness (QED) is 0.527. The van der Waals surface area contributed by atoms with Gasteiger partial charge in [-0.2, -0.15) is 0 Å². The number of hydrogen-bond acceptors (Lipinski definition) is 2. The van der Waals surface area contributed by atoms with E-state index in [-0.39, 0.29) is 11.7 Å². The third-order valence-corrected chi connectivity index (χ3v) is 4.90. The van der Waals surface area contributed by atoms with Crippen LogP contribution in [0, 0.1) is 17.3 Å². The van der Waals surface area contributed by atoms with E-state index in [2.05, 4.69) is 34.6 Å². The van der Waals surface area contributed by atoms with Gasteiger partial charge in [-0.3, -0.25) is 0 Å². The molecule has 0 aromatic rings. The predicted molar refractivity (Wildman–Crippen MR) is 85.8 cm³/mol. The minimum atomic E-state index is -0.0601. The normalized spacial score (nSPS) is 19.5. The van der Waals surface area contributed by atoms with Crippen molar-refractivity contribution in [2.75, 3.05) is 13.2 Å². The zero-order valence-electron chi connectivity index (χ0n) is 14.4. The molecule has 2 heteroatoms. The number of hydrogen-bond donors (Lipinski definition) is 0. The molecular weight excluding hydrogens is 248 g/mol. The molecule has 0 bridgehead atoms. The molecule has 0 aromatic carbocycles. The van der Waals surface area contributed by atoms with E-state index >= 15 is 0 Å². The summed E-state index contributed by atoms with van der Waals surface area (Å²) in [5.74, 6) is 1.76. The maximum Gasteiger partial charge on any atom is 0.162 e. The van der Waals surface area contributed by atoms with Crippen molar-refractivity contribution in [3.05, 3.63) is 0 Å². The van der Waals surface area contributed by atoms with Gasteiger partial charge in [0, 0.05) is 18.6 Å². The van der Waals surface area contributed by atoms with Crippen molar-refractivity contribution in [1.82, 2.24) is 0 Å². The van der Waals surface area contributed by atoms with Crippen molar-refractivity contribution in [1.29, 1.82) is 0 Å². The summed E-state index contributed by atoms with van der Waals surface area (Å²) < 4.78 is 11.7. The largest absolute Gasteiger partial charge is 0.352 e. The first-order chi connectivity index (χ1) is 9.55. The molecule has 1 saturated carbocycles. The number of ether oxygens (including phenoxy) is 2. The zero-order valence-corrected chi connectivity index (χ0v) is 14.4. The fourth-order valence-electron chi connectivity index (χ4n) is 3.82. The third-order valence-electron chi connectivity index (χ3n) is 4.90. The van der Waals surface area contributed by atoms with Gasteiger partial charge in [-0.15, -0.1) is 0 Å². The van der Waals surface area contributed by atoms with Crippen molar-refractivity contribution in [2.24, 2.45) is 17.3 Å². The molecule has 0 spiro atoms. The monoisotopic (exact) mass is 284 g/mol. The smallest absolute Gasteiger partial charge is 0.162 e. The lowest BCUT2D eigenvalue weighted by Gasteiger charge is -2.39. The van der Waals surface area contributed by atoms with Gasteiger partial charge >= 0.3 is 0 Å². The van der Waals surface area contributed by atoms with Gasteiger partial charge in [-0.25, -0.2) is 0 Å². The van der Waals surface area contributed by atoms with Crippen LogP contribution >= 0.6 is 0 Å². The van der Waals surface area contributed by atoms with E-state index in [1.165, 1.54) is 44.9 Å². The fraction of sp³-hybridized carbons (Fsp3) is 1.00. The van der Waals surface area contributed by atoms with Gasteiger partial charge in [-0.1, -0.05) is 59.3 Å². The summed E-state index contributed by atoms with van der Waals surface area (Å²) in [6.45, 7) is 12.6. The second-order valence-electron chi connectivity index (χ2n) is 7.00. The average molecular weight is 284 g/mol. The van der Waals surface area contributed by atoms with Crippen LogP contribution in [0.15, 0.2) is 0 Å². The van der Waals surface area contributed by atoms with Crippen molar-refractivity contribution in [2.45, 2.75) is 85.9 Å². The van der Waals surface area contributed by atoms with Crippen LogP contribution in [0.25, 0.3) is 0 Å². The van der Waals surface area contributed by atoms with Crippen LogP contribution < -0.4 is 0 Å². The Balaban J connectivity index is 2.63. The highest BCUT2D eigenvalue weighted by molar-refractivity contribution is 4.82. The molecule has 0 aromatic heterocycles. The lowest BCUT2D eigenvalue weighted by molar-refractivity contribution is -0.200. The molecular formula is C18H36O2. The summed E-state index contributed by atoms with van der Waals surface area (Å²) in [5, 5.41) is 0. The van der Waals surface area contributed by atoms with E-state index in [1.54, 1.807) is 0 Å². The molecule has 20 heavy (non-hydrogen) atoms. The van der Waals surface area contributed by atoms with Crippen molar-refractivity contribution < 1.29 is 9.47 Å². The Morgan fingerprint density at radius 1 is 0.950 bits per heavy atom. The summed E-state index contributed by atoms with van der Waals surface area (Å²) in [5.41, 5.74) is 0.101. The van der Waals surface area contributed by atoms with Crippen LogP contribution in [0.1, 0.15) is 79.6 Å². The van der Waals surface area contributed by atoms with Crippen LogP contribution in [-0.2, 0) is 9.47 Å². The van der Waals surface area contributed by atoms with Crippen LogP contribution in [0.5, 0.6) is 0 Å². The molecule has 0 aliphatic heterocycles. The van der Waals surface area contributed by atoms with Crippen molar-refractivity contribution in [3.8, 4) is 0 Å². The SMILES string of the molecule is CCOC(OCC)C(C)(C)CC(CC)C1CCCCC1. The first kappa shape index (κ1) is 18.0. The van der Waals surface area contributed by atoms with Gasteiger partial charge in [0.2, 0.25) is 0 Å². The van der Waals surface area contributed by atoms with E-state index in [4.69, 9.17) is 9.47 Å². The molecule has 1 rings (SSSR count). The highest BCUT2D eigenvalue weighted by Gasteiger charge is 2.35. The van der Waals surface area contributed by atoms with E-state index < -0.39 is 0 Å². The maximum atomic E-state index is 5.86. The standard InChI is InChI=1S/C18H36O2/c1-6-15(16-12-10-9-11-13-16)14-18(4,5)17(19-7-2)20-8-3/h15-17H,6-14H2,1-5H3. The molecule has 0 N–H and O–H groups in total. The molecule has 0 heterocycles. The van der Waals surface area contributed by atoms with Gasteiger partial charge in [-0.05, 0) is 32.1 Å². The Bertz CT molecular complexity index is 238. The summed E-state index contributed by atoms with van der Waals surface area (Å²) in [6.07, 6.45) is 9.62. The van der Waals surface area contributed by atoms with Crippen LogP contribution in [0.4, 0.5) is 0 Å². The zero-order chi connectivity index (χ0) is 15.0. The van der Waals surface area contributed by atoms with Crippen LogP contribution in [-0.4, -0.2) is 19.5 Å². The Labute approximate surface area is 126 Å². The molecule has 0 saturated heterocycles. The molecule has 0 amide bonds.